The van der Waals surface area contributed by atoms with E-state index in [1.807, 2.05) is 6.92 Å². The minimum Gasteiger partial charge on any atom is -0.337 e. The lowest BCUT2D eigenvalue weighted by atomic mass is 10.0. The molecule has 21 heavy (non-hydrogen) atoms. The van der Waals surface area contributed by atoms with Crippen molar-refractivity contribution < 1.29 is 4.79 Å². The smallest absolute Gasteiger partial charge is 0.225 e. The Morgan fingerprint density at radius 2 is 1.95 bits per heavy atom. The van der Waals surface area contributed by atoms with Gasteiger partial charge in [0.25, 0.3) is 0 Å². The zero-order chi connectivity index (χ0) is 15.2. The first-order valence-corrected chi connectivity index (χ1v) is 8.22. The third kappa shape index (κ3) is 4.07. The van der Waals surface area contributed by atoms with Gasteiger partial charge in [-0.25, -0.2) is 0 Å². The predicted octanol–water partition coefficient (Wildman–Crippen LogP) is 3.16. The lowest BCUT2D eigenvalue weighted by Crippen LogP contribution is -2.55. The van der Waals surface area contributed by atoms with Gasteiger partial charge >= 0.3 is 0 Å². The average molecular weight is 288 g/mol. The van der Waals surface area contributed by atoms with Crippen LogP contribution in [0.3, 0.4) is 0 Å². The fourth-order valence-corrected chi connectivity index (χ4v) is 3.00. The topological polar surface area (TPSA) is 23.6 Å². The lowest BCUT2D eigenvalue weighted by molar-refractivity contribution is -0.140. The molecule has 0 aromatic heterocycles. The molecule has 0 unspecified atom stereocenters. The molecule has 0 saturated carbocycles. The number of amides is 1. The van der Waals surface area contributed by atoms with E-state index in [9.17, 15) is 4.79 Å². The van der Waals surface area contributed by atoms with E-state index in [-0.39, 0.29) is 5.92 Å². The summed E-state index contributed by atoms with van der Waals surface area (Å²) in [5, 5.41) is 0. The molecule has 2 rings (SSSR count). The van der Waals surface area contributed by atoms with Crippen molar-refractivity contribution in [3.05, 3.63) is 35.9 Å². The molecule has 0 radical (unpaired) electrons. The van der Waals surface area contributed by atoms with Crippen LogP contribution in [0.1, 0.15) is 39.2 Å². The van der Waals surface area contributed by atoms with Crippen molar-refractivity contribution in [1.82, 2.24) is 9.80 Å². The van der Waals surface area contributed by atoms with Crippen LogP contribution in [-0.2, 0) is 11.3 Å². The first kappa shape index (κ1) is 16.0. The van der Waals surface area contributed by atoms with Gasteiger partial charge in [-0.05, 0) is 18.4 Å². The van der Waals surface area contributed by atoms with Crippen molar-refractivity contribution in [3.63, 3.8) is 0 Å². The van der Waals surface area contributed by atoms with E-state index in [2.05, 4.69) is 54.0 Å². The third-order valence-electron chi connectivity index (χ3n) is 4.60. The molecule has 1 fully saturated rings. The van der Waals surface area contributed by atoms with Crippen molar-refractivity contribution in [2.45, 2.75) is 46.2 Å². The summed E-state index contributed by atoms with van der Waals surface area (Å²) in [7, 11) is 0. The van der Waals surface area contributed by atoms with E-state index in [1.54, 1.807) is 0 Å². The molecule has 3 nitrogen and oxygen atoms in total. The highest BCUT2D eigenvalue weighted by Crippen LogP contribution is 2.19. The summed E-state index contributed by atoms with van der Waals surface area (Å²) in [5.74, 6) is 0.489. The SMILES string of the molecule is CC[C@H]1CN(Cc2ccccc2)CCN1C(=O)[C@H](C)CC. The number of hydrogen-bond donors (Lipinski definition) is 0. The highest BCUT2D eigenvalue weighted by Gasteiger charge is 2.30. The van der Waals surface area contributed by atoms with Crippen LogP contribution in [0.15, 0.2) is 30.3 Å². The summed E-state index contributed by atoms with van der Waals surface area (Å²) in [6, 6.07) is 11.0. The van der Waals surface area contributed by atoms with Gasteiger partial charge in [0.1, 0.15) is 0 Å². The number of piperazine rings is 1. The zero-order valence-electron chi connectivity index (χ0n) is 13.6. The quantitative estimate of drug-likeness (QED) is 0.831. The fraction of sp³-hybridized carbons (Fsp3) is 0.611. The third-order valence-corrected chi connectivity index (χ3v) is 4.60. The number of carbonyl (C=O) groups is 1. The van der Waals surface area contributed by atoms with E-state index < -0.39 is 0 Å². The summed E-state index contributed by atoms with van der Waals surface area (Å²) in [6.45, 7) is 10.2. The summed E-state index contributed by atoms with van der Waals surface area (Å²) >= 11 is 0. The highest BCUT2D eigenvalue weighted by molar-refractivity contribution is 5.78. The minimum absolute atomic E-state index is 0.153. The summed E-state index contributed by atoms with van der Waals surface area (Å²) in [5.41, 5.74) is 1.36. The maximum absolute atomic E-state index is 12.5. The summed E-state index contributed by atoms with van der Waals surface area (Å²) < 4.78 is 0. The fourth-order valence-electron chi connectivity index (χ4n) is 3.00. The van der Waals surface area contributed by atoms with Gasteiger partial charge in [0.15, 0.2) is 0 Å². The standard InChI is InChI=1S/C18H28N2O/c1-4-15(3)18(21)20-12-11-19(14-17(20)5-2)13-16-9-7-6-8-10-16/h6-10,15,17H,4-5,11-14H2,1-3H3/t15-,17+/m1/s1. The van der Waals surface area contributed by atoms with Crippen molar-refractivity contribution in [2.24, 2.45) is 5.92 Å². The normalized spacial score (nSPS) is 21.3. The molecule has 0 spiro atoms. The molecule has 1 aromatic rings. The van der Waals surface area contributed by atoms with Crippen LogP contribution in [-0.4, -0.2) is 41.4 Å². The molecule has 1 heterocycles. The van der Waals surface area contributed by atoms with Crippen LogP contribution in [0, 0.1) is 5.92 Å². The van der Waals surface area contributed by atoms with Crippen LogP contribution >= 0.6 is 0 Å². The van der Waals surface area contributed by atoms with Gasteiger partial charge in [0.05, 0.1) is 0 Å². The van der Waals surface area contributed by atoms with Gasteiger partial charge in [-0.3, -0.25) is 9.69 Å². The predicted molar refractivity (Wildman–Crippen MR) is 87.0 cm³/mol. The van der Waals surface area contributed by atoms with Gasteiger partial charge < -0.3 is 4.90 Å². The Balaban J connectivity index is 1.96. The van der Waals surface area contributed by atoms with Gasteiger partial charge in [-0.2, -0.15) is 0 Å². The van der Waals surface area contributed by atoms with E-state index in [0.717, 1.165) is 39.0 Å². The van der Waals surface area contributed by atoms with Gasteiger partial charge in [0, 0.05) is 38.1 Å². The second kappa shape index (κ2) is 7.60. The Bertz CT molecular complexity index is 446. The second-order valence-corrected chi connectivity index (χ2v) is 6.12. The molecule has 1 amide bonds. The number of nitrogens with zero attached hydrogens (tertiary/aromatic N) is 2. The first-order chi connectivity index (χ1) is 10.2. The van der Waals surface area contributed by atoms with Gasteiger partial charge in [-0.1, -0.05) is 51.1 Å². The van der Waals surface area contributed by atoms with Crippen molar-refractivity contribution in [2.75, 3.05) is 19.6 Å². The van der Waals surface area contributed by atoms with Crippen LogP contribution < -0.4 is 0 Å². The number of hydrogen-bond acceptors (Lipinski definition) is 2. The van der Waals surface area contributed by atoms with E-state index in [4.69, 9.17) is 0 Å². The maximum atomic E-state index is 12.5. The van der Waals surface area contributed by atoms with E-state index >= 15 is 0 Å². The number of benzene rings is 1. The zero-order valence-corrected chi connectivity index (χ0v) is 13.6. The van der Waals surface area contributed by atoms with Crippen molar-refractivity contribution >= 4 is 5.91 Å². The molecule has 0 bridgehead atoms. The van der Waals surface area contributed by atoms with Crippen LogP contribution in [0.4, 0.5) is 0 Å². The molecular weight excluding hydrogens is 260 g/mol. The molecule has 3 heteroatoms. The molecule has 0 N–H and O–H groups in total. The summed E-state index contributed by atoms with van der Waals surface area (Å²) in [6.07, 6.45) is 1.97. The van der Waals surface area contributed by atoms with Crippen LogP contribution in [0.2, 0.25) is 0 Å². The highest BCUT2D eigenvalue weighted by atomic mass is 16.2. The first-order valence-electron chi connectivity index (χ1n) is 8.22. The molecule has 1 aromatic carbocycles. The second-order valence-electron chi connectivity index (χ2n) is 6.12. The molecule has 0 aliphatic carbocycles. The molecule has 1 saturated heterocycles. The summed E-state index contributed by atoms with van der Waals surface area (Å²) in [4.78, 5) is 17.1. The molecule has 2 atom stereocenters. The number of carbonyl (C=O) groups excluding carboxylic acids is 1. The Kier molecular flexibility index (Phi) is 5.80. The largest absolute Gasteiger partial charge is 0.337 e. The Labute approximate surface area is 128 Å². The molecule has 1 aliphatic heterocycles. The van der Waals surface area contributed by atoms with Crippen molar-refractivity contribution in [1.29, 1.82) is 0 Å². The average Bonchev–Trinajstić information content (AvgIpc) is 2.54. The van der Waals surface area contributed by atoms with E-state index in [1.165, 1.54) is 5.56 Å². The Hall–Kier alpha value is -1.35. The van der Waals surface area contributed by atoms with Crippen LogP contribution in [0.5, 0.6) is 0 Å². The molecule has 1 aliphatic rings. The van der Waals surface area contributed by atoms with Gasteiger partial charge in [0.2, 0.25) is 5.91 Å². The molecular formula is C18H28N2O. The minimum atomic E-state index is 0.153. The van der Waals surface area contributed by atoms with Crippen LogP contribution in [0.25, 0.3) is 0 Å². The number of rotatable bonds is 5. The maximum Gasteiger partial charge on any atom is 0.225 e. The molecule has 116 valence electrons. The lowest BCUT2D eigenvalue weighted by Gasteiger charge is -2.42. The Morgan fingerprint density at radius 1 is 1.24 bits per heavy atom. The monoisotopic (exact) mass is 288 g/mol. The van der Waals surface area contributed by atoms with E-state index in [0.29, 0.717) is 11.9 Å². The van der Waals surface area contributed by atoms with Crippen molar-refractivity contribution in [3.8, 4) is 0 Å². The Morgan fingerprint density at radius 3 is 2.57 bits per heavy atom. The van der Waals surface area contributed by atoms with Gasteiger partial charge in [-0.15, -0.1) is 0 Å².